The first kappa shape index (κ1) is 16.5. The molecule has 1 unspecified atom stereocenters. The van der Waals surface area contributed by atoms with E-state index in [0.29, 0.717) is 17.2 Å². The van der Waals surface area contributed by atoms with Gasteiger partial charge < -0.3 is 5.32 Å². The van der Waals surface area contributed by atoms with E-state index in [2.05, 4.69) is 53.3 Å². The normalized spacial score (nSPS) is 16.3. The average Bonchev–Trinajstić information content (AvgIpc) is 2.66. The number of hydrogen-bond acceptors (Lipinski definition) is 1. The number of fused-ring (bicyclic) bond motifs is 1. The molecule has 0 aliphatic carbocycles. The molecule has 0 spiro atoms. The summed E-state index contributed by atoms with van der Waals surface area (Å²) in [6, 6.07) is 6.54. The Kier molecular flexibility index (Phi) is 6.28. The number of aryl methyl sites for hydroxylation is 1. The van der Waals surface area contributed by atoms with Crippen LogP contribution in [0.3, 0.4) is 0 Å². The highest BCUT2D eigenvalue weighted by Gasteiger charge is 2.21. The Morgan fingerprint density at radius 2 is 1.90 bits per heavy atom. The van der Waals surface area contributed by atoms with Crippen molar-refractivity contribution in [3.8, 4) is 0 Å². The largest absolute Gasteiger partial charge is 0.326 e. The van der Waals surface area contributed by atoms with Crippen LogP contribution in [0.4, 0.5) is 5.69 Å². The van der Waals surface area contributed by atoms with Crippen molar-refractivity contribution in [2.45, 2.75) is 63.6 Å². The molecule has 0 bridgehead atoms. The quantitative estimate of drug-likeness (QED) is 0.662. The van der Waals surface area contributed by atoms with Crippen LogP contribution in [0.15, 0.2) is 18.2 Å². The molecule has 1 N–H and O–H groups in total. The maximum absolute atomic E-state index is 11.6. The smallest absolute Gasteiger partial charge is 0.224 e. The van der Waals surface area contributed by atoms with Gasteiger partial charge in [0.15, 0.2) is 0 Å². The Morgan fingerprint density at radius 1 is 1.19 bits per heavy atom. The van der Waals surface area contributed by atoms with Gasteiger partial charge in [0.2, 0.25) is 5.91 Å². The van der Waals surface area contributed by atoms with Crippen LogP contribution in [-0.4, -0.2) is 5.91 Å². The molecule has 21 heavy (non-hydrogen) atoms. The maximum Gasteiger partial charge on any atom is 0.224 e. The van der Waals surface area contributed by atoms with Crippen LogP contribution < -0.4 is 5.32 Å². The fourth-order valence-corrected chi connectivity index (χ4v) is 4.03. The number of nitrogens with one attached hydrogen (secondary N) is 1. The van der Waals surface area contributed by atoms with Gasteiger partial charge in [-0.05, 0) is 48.8 Å². The SMILES string of the molecule is CCCC(CCC)C(Br)c1ccc2c(c1)CCCC(=O)N2. The van der Waals surface area contributed by atoms with Crippen molar-refractivity contribution in [2.75, 3.05) is 5.32 Å². The summed E-state index contributed by atoms with van der Waals surface area (Å²) in [6.45, 7) is 4.52. The van der Waals surface area contributed by atoms with Crippen molar-refractivity contribution in [3.63, 3.8) is 0 Å². The first-order valence-electron chi connectivity index (χ1n) is 8.22. The van der Waals surface area contributed by atoms with Gasteiger partial charge in [-0.15, -0.1) is 0 Å². The van der Waals surface area contributed by atoms with Crippen molar-refractivity contribution < 1.29 is 4.79 Å². The van der Waals surface area contributed by atoms with E-state index in [1.165, 1.54) is 36.8 Å². The van der Waals surface area contributed by atoms with E-state index in [9.17, 15) is 4.79 Å². The number of benzene rings is 1. The Bertz CT molecular complexity index is 480. The minimum absolute atomic E-state index is 0.145. The van der Waals surface area contributed by atoms with Crippen LogP contribution >= 0.6 is 15.9 Å². The molecular weight excluding hydrogens is 326 g/mol. The molecule has 1 aromatic carbocycles. The number of hydrogen-bond donors (Lipinski definition) is 1. The summed E-state index contributed by atoms with van der Waals surface area (Å²) in [6.07, 6.45) is 7.56. The van der Waals surface area contributed by atoms with E-state index >= 15 is 0 Å². The van der Waals surface area contributed by atoms with Crippen LogP contribution in [0.1, 0.15) is 68.3 Å². The van der Waals surface area contributed by atoms with E-state index in [1.807, 2.05) is 0 Å². The molecule has 2 nitrogen and oxygen atoms in total. The van der Waals surface area contributed by atoms with Gasteiger partial charge in [0.05, 0.1) is 0 Å². The Hall–Kier alpha value is -0.830. The molecule has 0 saturated heterocycles. The summed E-state index contributed by atoms with van der Waals surface area (Å²) in [4.78, 5) is 12.0. The topological polar surface area (TPSA) is 29.1 Å². The van der Waals surface area contributed by atoms with E-state index in [0.717, 1.165) is 18.5 Å². The van der Waals surface area contributed by atoms with Gasteiger partial charge in [0.1, 0.15) is 0 Å². The zero-order valence-electron chi connectivity index (χ0n) is 13.1. The van der Waals surface area contributed by atoms with Crippen molar-refractivity contribution in [3.05, 3.63) is 29.3 Å². The lowest BCUT2D eigenvalue weighted by molar-refractivity contribution is -0.116. The van der Waals surface area contributed by atoms with Gasteiger partial charge in [-0.3, -0.25) is 4.79 Å². The van der Waals surface area contributed by atoms with Crippen molar-refractivity contribution in [1.29, 1.82) is 0 Å². The molecule has 116 valence electrons. The lowest BCUT2D eigenvalue weighted by Crippen LogP contribution is -2.10. The fourth-order valence-electron chi connectivity index (χ4n) is 3.22. The minimum Gasteiger partial charge on any atom is -0.326 e. The summed E-state index contributed by atoms with van der Waals surface area (Å²) >= 11 is 3.93. The molecule has 3 heteroatoms. The van der Waals surface area contributed by atoms with Crippen LogP contribution in [-0.2, 0) is 11.2 Å². The van der Waals surface area contributed by atoms with Gasteiger partial charge >= 0.3 is 0 Å². The Morgan fingerprint density at radius 3 is 2.57 bits per heavy atom. The highest BCUT2D eigenvalue weighted by Crippen LogP contribution is 2.38. The molecule has 0 radical (unpaired) electrons. The second-order valence-corrected chi connectivity index (χ2v) is 7.04. The third-order valence-corrected chi connectivity index (χ3v) is 5.58. The number of amides is 1. The third kappa shape index (κ3) is 4.32. The van der Waals surface area contributed by atoms with E-state index in [1.54, 1.807) is 0 Å². The van der Waals surface area contributed by atoms with Crippen molar-refractivity contribution in [2.24, 2.45) is 5.92 Å². The third-order valence-electron chi connectivity index (χ3n) is 4.30. The molecule has 0 fully saturated rings. The first-order chi connectivity index (χ1) is 10.2. The van der Waals surface area contributed by atoms with Gasteiger partial charge in [-0.1, -0.05) is 54.8 Å². The van der Waals surface area contributed by atoms with Crippen molar-refractivity contribution >= 4 is 27.5 Å². The van der Waals surface area contributed by atoms with Crippen molar-refractivity contribution in [1.82, 2.24) is 0 Å². The standard InChI is InChI=1S/C18H26BrNO/c1-3-6-13(7-4-2)18(19)15-10-11-16-14(12-15)8-5-9-17(21)20-16/h10-13,18H,3-9H2,1-2H3,(H,20,21). The Balaban J connectivity index is 2.20. The van der Waals surface area contributed by atoms with Crippen LogP contribution in [0.2, 0.25) is 0 Å². The summed E-state index contributed by atoms with van der Waals surface area (Å²) < 4.78 is 0. The zero-order chi connectivity index (χ0) is 15.2. The number of carbonyl (C=O) groups is 1. The van der Waals surface area contributed by atoms with Gasteiger partial charge in [-0.25, -0.2) is 0 Å². The van der Waals surface area contributed by atoms with Crippen LogP contribution in [0.25, 0.3) is 0 Å². The van der Waals surface area contributed by atoms with Crippen LogP contribution in [0, 0.1) is 5.92 Å². The van der Waals surface area contributed by atoms with Gasteiger partial charge in [-0.2, -0.15) is 0 Å². The molecule has 0 aromatic heterocycles. The minimum atomic E-state index is 0.145. The number of carbonyl (C=O) groups excluding carboxylic acids is 1. The number of rotatable bonds is 6. The molecule has 1 aliphatic rings. The molecule has 1 amide bonds. The average molecular weight is 352 g/mol. The molecule has 2 rings (SSSR count). The predicted molar refractivity (Wildman–Crippen MR) is 93.0 cm³/mol. The highest BCUT2D eigenvalue weighted by atomic mass is 79.9. The maximum atomic E-state index is 11.6. The lowest BCUT2D eigenvalue weighted by Gasteiger charge is -2.23. The molecular formula is C18H26BrNO. The molecule has 1 atom stereocenters. The molecule has 1 aliphatic heterocycles. The summed E-state index contributed by atoms with van der Waals surface area (Å²) in [5.74, 6) is 0.838. The first-order valence-corrected chi connectivity index (χ1v) is 9.14. The van der Waals surface area contributed by atoms with E-state index < -0.39 is 0 Å². The molecule has 1 aromatic rings. The highest BCUT2D eigenvalue weighted by molar-refractivity contribution is 9.09. The molecule has 0 saturated carbocycles. The fraction of sp³-hybridized carbons (Fsp3) is 0.611. The van der Waals surface area contributed by atoms with E-state index in [-0.39, 0.29) is 5.91 Å². The van der Waals surface area contributed by atoms with E-state index in [4.69, 9.17) is 0 Å². The zero-order valence-corrected chi connectivity index (χ0v) is 14.7. The summed E-state index contributed by atoms with van der Waals surface area (Å²) in [5.41, 5.74) is 3.65. The number of alkyl halides is 1. The molecule has 1 heterocycles. The summed E-state index contributed by atoms with van der Waals surface area (Å²) in [5, 5.41) is 3.01. The number of halogens is 1. The Labute approximate surface area is 136 Å². The monoisotopic (exact) mass is 351 g/mol. The van der Waals surface area contributed by atoms with Gasteiger partial charge in [0, 0.05) is 16.9 Å². The lowest BCUT2D eigenvalue weighted by atomic mass is 9.90. The second-order valence-electron chi connectivity index (χ2n) is 6.06. The number of anilines is 1. The van der Waals surface area contributed by atoms with Crippen LogP contribution in [0.5, 0.6) is 0 Å². The predicted octanol–water partition coefficient (Wildman–Crippen LogP) is 5.61. The van der Waals surface area contributed by atoms with Gasteiger partial charge in [0.25, 0.3) is 0 Å². The summed E-state index contributed by atoms with van der Waals surface area (Å²) in [7, 11) is 0. The second kappa shape index (κ2) is 7.98.